The van der Waals surface area contributed by atoms with Crippen LogP contribution in [-0.4, -0.2) is 12.1 Å². The molecule has 24 heavy (non-hydrogen) atoms. The van der Waals surface area contributed by atoms with E-state index in [1.165, 1.54) is 0 Å². The van der Waals surface area contributed by atoms with Crippen LogP contribution in [0.1, 0.15) is 11.1 Å². The Morgan fingerprint density at radius 3 is 2.50 bits per heavy atom. The maximum atomic E-state index is 12.4. The number of benzene rings is 2. The molecule has 0 aliphatic heterocycles. The fourth-order valence-electron chi connectivity index (χ4n) is 2.66. The predicted octanol–water partition coefficient (Wildman–Crippen LogP) is 3.90. The van der Waals surface area contributed by atoms with Gasteiger partial charge in [-0.25, -0.2) is 0 Å². The van der Waals surface area contributed by atoms with Gasteiger partial charge in [-0.1, -0.05) is 42.0 Å². The summed E-state index contributed by atoms with van der Waals surface area (Å²) in [5, 5.41) is 9.38. The van der Waals surface area contributed by atoms with Gasteiger partial charge in [-0.15, -0.1) is 0 Å². The van der Waals surface area contributed by atoms with E-state index in [0.717, 1.165) is 16.7 Å². The van der Waals surface area contributed by atoms with Crippen LogP contribution in [0, 0.1) is 18.3 Å². The zero-order chi connectivity index (χ0) is 17.1. The molecule has 0 amide bonds. The summed E-state index contributed by atoms with van der Waals surface area (Å²) in [4.78, 5) is 15.2. The Bertz CT molecular complexity index is 997. The molecular weight excluding hydrogens is 300 g/mol. The van der Waals surface area contributed by atoms with Gasteiger partial charge in [0.05, 0.1) is 7.11 Å². The first kappa shape index (κ1) is 15.6. The van der Waals surface area contributed by atoms with E-state index < -0.39 is 5.56 Å². The zero-order valence-corrected chi connectivity index (χ0v) is 13.5. The van der Waals surface area contributed by atoms with Gasteiger partial charge in [0.25, 0.3) is 5.56 Å². The predicted molar refractivity (Wildman–Crippen MR) is 93.9 cm³/mol. The second kappa shape index (κ2) is 6.43. The molecular formula is C20H16N2O2. The summed E-state index contributed by atoms with van der Waals surface area (Å²) in [7, 11) is 1.60. The Kier molecular flexibility index (Phi) is 4.17. The lowest BCUT2D eigenvalue weighted by Crippen LogP contribution is -2.12. The van der Waals surface area contributed by atoms with Crippen LogP contribution in [0.4, 0.5) is 0 Å². The number of rotatable bonds is 3. The van der Waals surface area contributed by atoms with E-state index >= 15 is 0 Å². The summed E-state index contributed by atoms with van der Waals surface area (Å²) < 4.78 is 5.24. The lowest BCUT2D eigenvalue weighted by Gasteiger charge is -2.09. The number of hydrogen-bond acceptors (Lipinski definition) is 3. The highest BCUT2D eigenvalue weighted by Crippen LogP contribution is 2.28. The van der Waals surface area contributed by atoms with Crippen LogP contribution in [0.15, 0.2) is 59.4 Å². The van der Waals surface area contributed by atoms with Gasteiger partial charge in [0, 0.05) is 16.8 Å². The van der Waals surface area contributed by atoms with Crippen LogP contribution in [0.5, 0.6) is 5.75 Å². The highest BCUT2D eigenvalue weighted by molar-refractivity contribution is 5.75. The molecule has 0 aliphatic rings. The number of nitrogens with zero attached hydrogens (tertiary/aromatic N) is 1. The van der Waals surface area contributed by atoms with Crippen molar-refractivity contribution in [1.82, 2.24) is 4.98 Å². The van der Waals surface area contributed by atoms with Crippen molar-refractivity contribution in [3.63, 3.8) is 0 Å². The third-order valence-electron chi connectivity index (χ3n) is 3.85. The summed E-state index contributed by atoms with van der Waals surface area (Å²) >= 11 is 0. The molecule has 1 aromatic heterocycles. The first-order chi connectivity index (χ1) is 11.6. The fraction of sp³-hybridized carbons (Fsp3) is 0.100. The van der Waals surface area contributed by atoms with Crippen LogP contribution in [-0.2, 0) is 0 Å². The number of H-pyrrole nitrogens is 1. The van der Waals surface area contributed by atoms with E-state index in [4.69, 9.17) is 4.74 Å². The molecule has 0 bridgehead atoms. The van der Waals surface area contributed by atoms with Gasteiger partial charge in [0.15, 0.2) is 0 Å². The molecule has 2 aromatic carbocycles. The number of nitriles is 1. The van der Waals surface area contributed by atoms with Gasteiger partial charge in [0.1, 0.15) is 17.4 Å². The molecule has 1 N–H and O–H groups in total. The lowest BCUT2D eigenvalue weighted by molar-refractivity contribution is 0.415. The summed E-state index contributed by atoms with van der Waals surface area (Å²) in [6, 6.07) is 19.0. The molecule has 0 saturated carbocycles. The molecule has 4 nitrogen and oxygen atoms in total. The highest BCUT2D eigenvalue weighted by Gasteiger charge is 2.13. The zero-order valence-electron chi connectivity index (χ0n) is 13.5. The van der Waals surface area contributed by atoms with Crippen LogP contribution >= 0.6 is 0 Å². The summed E-state index contributed by atoms with van der Waals surface area (Å²) in [6.07, 6.45) is 0. The smallest absolute Gasteiger partial charge is 0.266 e. The van der Waals surface area contributed by atoms with Gasteiger partial charge in [-0.3, -0.25) is 4.79 Å². The summed E-state index contributed by atoms with van der Waals surface area (Å²) in [6.45, 7) is 1.98. The second-order valence-electron chi connectivity index (χ2n) is 5.51. The molecule has 0 fully saturated rings. The minimum Gasteiger partial charge on any atom is -0.497 e. The third kappa shape index (κ3) is 2.92. The van der Waals surface area contributed by atoms with E-state index in [0.29, 0.717) is 17.0 Å². The van der Waals surface area contributed by atoms with Gasteiger partial charge < -0.3 is 9.72 Å². The average molecular weight is 316 g/mol. The molecule has 3 rings (SSSR count). The number of aromatic amines is 1. The quantitative estimate of drug-likeness (QED) is 0.797. The van der Waals surface area contributed by atoms with Crippen LogP contribution in [0.25, 0.3) is 22.4 Å². The number of hydrogen-bond donors (Lipinski definition) is 1. The molecule has 0 unspecified atom stereocenters. The monoisotopic (exact) mass is 316 g/mol. The van der Waals surface area contributed by atoms with Crippen molar-refractivity contribution in [2.45, 2.75) is 6.92 Å². The number of nitrogens with one attached hydrogen (secondary N) is 1. The van der Waals surface area contributed by atoms with Crippen molar-refractivity contribution in [2.24, 2.45) is 0 Å². The van der Waals surface area contributed by atoms with Crippen LogP contribution in [0.2, 0.25) is 0 Å². The topological polar surface area (TPSA) is 65.9 Å². The molecule has 4 heteroatoms. The van der Waals surface area contributed by atoms with Crippen molar-refractivity contribution in [3.8, 4) is 34.2 Å². The number of ether oxygens (including phenoxy) is 1. The van der Waals surface area contributed by atoms with E-state index in [1.54, 1.807) is 7.11 Å². The Morgan fingerprint density at radius 2 is 1.79 bits per heavy atom. The van der Waals surface area contributed by atoms with Crippen molar-refractivity contribution >= 4 is 0 Å². The first-order valence-electron chi connectivity index (χ1n) is 7.51. The molecule has 0 atom stereocenters. The van der Waals surface area contributed by atoms with Gasteiger partial charge >= 0.3 is 0 Å². The SMILES string of the molecule is COc1cccc(-c2cc(-c3cccc(C)c3)c(C#N)c(=O)[nH]2)c1. The Hall–Kier alpha value is -3.32. The third-order valence-corrected chi connectivity index (χ3v) is 3.85. The molecule has 0 radical (unpaired) electrons. The van der Waals surface area contributed by atoms with E-state index in [-0.39, 0.29) is 5.56 Å². The largest absolute Gasteiger partial charge is 0.497 e. The highest BCUT2D eigenvalue weighted by atomic mass is 16.5. The normalized spacial score (nSPS) is 10.2. The minimum atomic E-state index is -0.394. The van der Waals surface area contributed by atoms with Crippen LogP contribution in [0.3, 0.4) is 0 Å². The van der Waals surface area contributed by atoms with Crippen molar-refractivity contribution in [1.29, 1.82) is 5.26 Å². The maximum Gasteiger partial charge on any atom is 0.266 e. The Labute approximate surface area is 140 Å². The van der Waals surface area contributed by atoms with E-state index in [9.17, 15) is 10.1 Å². The minimum absolute atomic E-state index is 0.118. The lowest BCUT2D eigenvalue weighted by atomic mass is 9.98. The summed E-state index contributed by atoms with van der Waals surface area (Å²) in [5.74, 6) is 0.704. The average Bonchev–Trinajstić information content (AvgIpc) is 2.61. The number of aromatic nitrogens is 1. The van der Waals surface area contributed by atoms with Gasteiger partial charge in [-0.2, -0.15) is 5.26 Å². The number of methoxy groups -OCH3 is 1. The van der Waals surface area contributed by atoms with E-state index in [2.05, 4.69) is 4.98 Å². The van der Waals surface area contributed by atoms with Crippen molar-refractivity contribution in [2.75, 3.05) is 7.11 Å². The molecule has 3 aromatic rings. The summed E-state index contributed by atoms with van der Waals surface area (Å²) in [5.41, 5.74) is 3.74. The van der Waals surface area contributed by atoms with Crippen molar-refractivity contribution in [3.05, 3.63) is 76.1 Å². The molecule has 1 heterocycles. The van der Waals surface area contributed by atoms with Gasteiger partial charge in [-0.05, 0) is 30.7 Å². The van der Waals surface area contributed by atoms with E-state index in [1.807, 2.05) is 67.6 Å². The Morgan fingerprint density at radius 1 is 1.04 bits per heavy atom. The standard InChI is InChI=1S/C20H16N2O2/c1-13-5-3-6-14(9-13)17-11-19(22-20(23)18(17)12-21)15-7-4-8-16(10-15)24-2/h3-11H,1-2H3,(H,22,23). The number of pyridine rings is 1. The molecule has 0 aliphatic carbocycles. The maximum absolute atomic E-state index is 12.4. The Balaban J connectivity index is 2.24. The van der Waals surface area contributed by atoms with Crippen molar-refractivity contribution < 1.29 is 4.74 Å². The number of aryl methyl sites for hydroxylation is 1. The second-order valence-corrected chi connectivity index (χ2v) is 5.51. The molecule has 0 spiro atoms. The molecule has 0 saturated heterocycles. The molecule has 118 valence electrons. The first-order valence-corrected chi connectivity index (χ1v) is 7.51. The fourth-order valence-corrected chi connectivity index (χ4v) is 2.66. The van der Waals surface area contributed by atoms with Gasteiger partial charge in [0.2, 0.25) is 0 Å². The van der Waals surface area contributed by atoms with Crippen LogP contribution < -0.4 is 10.3 Å².